The molecule has 0 aliphatic heterocycles. The van der Waals surface area contributed by atoms with Crippen LogP contribution in [0.3, 0.4) is 0 Å². The summed E-state index contributed by atoms with van der Waals surface area (Å²) in [5, 5.41) is 0.588. The molecule has 3 aromatic rings. The van der Waals surface area contributed by atoms with Crippen molar-refractivity contribution in [2.75, 3.05) is 32.8 Å². The minimum absolute atomic E-state index is 0.0373. The zero-order valence-corrected chi connectivity index (χ0v) is 17.8. The number of carbonyl (C=O) groups is 1. The molecule has 0 aliphatic rings. The van der Waals surface area contributed by atoms with Crippen LogP contribution in [-0.2, 0) is 6.54 Å². The fraction of sp³-hybridized carbons (Fsp3) is 0.217. The summed E-state index contributed by atoms with van der Waals surface area (Å²) in [6.45, 7) is 0.572. The molecule has 1 heterocycles. The SMILES string of the molecule is COc1cc(CN(CC(=O)c2ccc(Cl)cc2)c2ccccn2)cc(OC)c1OC. The molecule has 3 rings (SSSR count). The van der Waals surface area contributed by atoms with Crippen molar-refractivity contribution in [3.63, 3.8) is 0 Å². The quantitative estimate of drug-likeness (QED) is 0.464. The molecular formula is C23H23ClN2O4. The second-order valence-electron chi connectivity index (χ2n) is 6.51. The Balaban J connectivity index is 1.92. The average molecular weight is 427 g/mol. The van der Waals surface area contributed by atoms with E-state index in [1.165, 1.54) is 0 Å². The zero-order valence-electron chi connectivity index (χ0n) is 17.1. The van der Waals surface area contributed by atoms with Crippen LogP contribution in [0.4, 0.5) is 5.82 Å². The molecule has 2 aromatic carbocycles. The van der Waals surface area contributed by atoms with Crippen LogP contribution in [-0.4, -0.2) is 38.6 Å². The van der Waals surface area contributed by atoms with E-state index >= 15 is 0 Å². The van der Waals surface area contributed by atoms with Gasteiger partial charge in [-0.1, -0.05) is 17.7 Å². The largest absolute Gasteiger partial charge is 0.493 e. The molecule has 0 N–H and O–H groups in total. The summed E-state index contributed by atoms with van der Waals surface area (Å²) in [4.78, 5) is 19.2. The molecule has 0 aliphatic carbocycles. The van der Waals surface area contributed by atoms with Gasteiger partial charge in [0.15, 0.2) is 17.3 Å². The third kappa shape index (κ3) is 5.02. The van der Waals surface area contributed by atoms with Gasteiger partial charge in [-0.05, 0) is 54.1 Å². The first kappa shape index (κ1) is 21.5. The number of Topliss-reactive ketones (excluding diaryl/α,β-unsaturated/α-hetero) is 1. The highest BCUT2D eigenvalue weighted by Crippen LogP contribution is 2.38. The Kier molecular flexibility index (Phi) is 7.14. The Labute approximate surface area is 181 Å². The number of ether oxygens (including phenoxy) is 3. The molecule has 0 saturated heterocycles. The van der Waals surface area contributed by atoms with Gasteiger partial charge in [0.1, 0.15) is 5.82 Å². The van der Waals surface area contributed by atoms with E-state index in [-0.39, 0.29) is 12.3 Å². The topological polar surface area (TPSA) is 60.9 Å². The van der Waals surface area contributed by atoms with E-state index in [1.54, 1.807) is 51.8 Å². The van der Waals surface area contributed by atoms with Crippen molar-refractivity contribution < 1.29 is 19.0 Å². The second-order valence-corrected chi connectivity index (χ2v) is 6.94. The van der Waals surface area contributed by atoms with Gasteiger partial charge >= 0.3 is 0 Å². The molecule has 0 unspecified atom stereocenters. The number of aromatic nitrogens is 1. The smallest absolute Gasteiger partial charge is 0.203 e. The van der Waals surface area contributed by atoms with Gasteiger partial charge in [-0.2, -0.15) is 0 Å². The van der Waals surface area contributed by atoms with E-state index in [1.807, 2.05) is 35.2 Å². The summed E-state index contributed by atoms with van der Waals surface area (Å²) in [5.41, 5.74) is 1.48. The fourth-order valence-electron chi connectivity index (χ4n) is 3.11. The van der Waals surface area contributed by atoms with Crippen molar-refractivity contribution in [2.24, 2.45) is 0 Å². The number of anilines is 1. The maximum Gasteiger partial charge on any atom is 0.203 e. The van der Waals surface area contributed by atoms with Crippen molar-refractivity contribution >= 4 is 23.2 Å². The molecule has 156 valence electrons. The van der Waals surface area contributed by atoms with Gasteiger partial charge in [-0.3, -0.25) is 4.79 Å². The van der Waals surface area contributed by atoms with E-state index in [4.69, 9.17) is 25.8 Å². The van der Waals surface area contributed by atoms with Crippen LogP contribution >= 0.6 is 11.6 Å². The molecule has 6 nitrogen and oxygen atoms in total. The van der Waals surface area contributed by atoms with Gasteiger partial charge in [0.25, 0.3) is 0 Å². The lowest BCUT2D eigenvalue weighted by molar-refractivity contribution is 0.0998. The van der Waals surface area contributed by atoms with Gasteiger partial charge in [0.2, 0.25) is 5.75 Å². The summed E-state index contributed by atoms with van der Waals surface area (Å²) in [7, 11) is 4.70. The minimum atomic E-state index is -0.0373. The van der Waals surface area contributed by atoms with Crippen LogP contribution in [0, 0.1) is 0 Å². The number of carbonyl (C=O) groups excluding carboxylic acids is 1. The third-order valence-corrected chi connectivity index (χ3v) is 4.82. The van der Waals surface area contributed by atoms with E-state index < -0.39 is 0 Å². The molecule has 0 spiro atoms. The molecular weight excluding hydrogens is 404 g/mol. The summed E-state index contributed by atoms with van der Waals surface area (Å²) >= 11 is 5.94. The van der Waals surface area contributed by atoms with Crippen LogP contribution in [0.1, 0.15) is 15.9 Å². The molecule has 0 amide bonds. The van der Waals surface area contributed by atoms with Gasteiger partial charge in [0, 0.05) is 23.3 Å². The maximum atomic E-state index is 12.9. The van der Waals surface area contributed by atoms with Crippen molar-refractivity contribution in [1.29, 1.82) is 0 Å². The van der Waals surface area contributed by atoms with E-state index in [0.717, 1.165) is 5.56 Å². The number of ketones is 1. The number of pyridine rings is 1. The first-order chi connectivity index (χ1) is 14.5. The number of hydrogen-bond acceptors (Lipinski definition) is 6. The molecule has 0 atom stereocenters. The Morgan fingerprint density at radius 2 is 1.63 bits per heavy atom. The molecule has 0 fully saturated rings. The van der Waals surface area contributed by atoms with Crippen molar-refractivity contribution in [3.05, 3.63) is 76.9 Å². The van der Waals surface area contributed by atoms with Crippen LogP contribution in [0.15, 0.2) is 60.8 Å². The van der Waals surface area contributed by atoms with E-state index in [9.17, 15) is 4.79 Å². The number of methoxy groups -OCH3 is 3. The van der Waals surface area contributed by atoms with Crippen LogP contribution < -0.4 is 19.1 Å². The standard InChI is InChI=1S/C23H23ClN2O4/c1-28-20-12-16(13-21(29-2)23(20)30-3)14-26(22-6-4-5-11-25-22)15-19(27)17-7-9-18(24)10-8-17/h4-13H,14-15H2,1-3H3. The normalized spacial score (nSPS) is 10.4. The first-order valence-electron chi connectivity index (χ1n) is 9.29. The van der Waals surface area contributed by atoms with Crippen LogP contribution in [0.2, 0.25) is 5.02 Å². The Hall–Kier alpha value is -3.25. The van der Waals surface area contributed by atoms with Crippen LogP contribution in [0.25, 0.3) is 0 Å². The van der Waals surface area contributed by atoms with Crippen LogP contribution in [0.5, 0.6) is 17.2 Å². The Morgan fingerprint density at radius 1 is 0.967 bits per heavy atom. The van der Waals surface area contributed by atoms with Gasteiger partial charge < -0.3 is 19.1 Å². The monoisotopic (exact) mass is 426 g/mol. The van der Waals surface area contributed by atoms with Crippen molar-refractivity contribution in [2.45, 2.75) is 6.54 Å². The third-order valence-electron chi connectivity index (χ3n) is 4.57. The highest BCUT2D eigenvalue weighted by Gasteiger charge is 2.18. The van der Waals surface area contributed by atoms with Gasteiger partial charge in [-0.15, -0.1) is 0 Å². The molecule has 1 aromatic heterocycles. The maximum absolute atomic E-state index is 12.9. The summed E-state index contributed by atoms with van der Waals surface area (Å²) < 4.78 is 16.3. The lowest BCUT2D eigenvalue weighted by atomic mass is 10.1. The number of hydrogen-bond donors (Lipinski definition) is 0. The fourth-order valence-corrected chi connectivity index (χ4v) is 3.23. The number of rotatable bonds is 9. The predicted octanol–water partition coefficient (Wildman–Crippen LogP) is 4.65. The molecule has 0 saturated carbocycles. The van der Waals surface area contributed by atoms with E-state index in [2.05, 4.69) is 4.98 Å². The van der Waals surface area contributed by atoms with Gasteiger partial charge in [-0.25, -0.2) is 4.98 Å². The molecule has 7 heteroatoms. The highest BCUT2D eigenvalue weighted by molar-refractivity contribution is 6.30. The Bertz CT molecular complexity index is 969. The first-order valence-corrected chi connectivity index (χ1v) is 9.67. The zero-order chi connectivity index (χ0) is 21.5. The van der Waals surface area contributed by atoms with E-state index in [0.29, 0.717) is 40.2 Å². The highest BCUT2D eigenvalue weighted by atomic mass is 35.5. The van der Waals surface area contributed by atoms with Crippen molar-refractivity contribution in [1.82, 2.24) is 4.98 Å². The average Bonchev–Trinajstić information content (AvgIpc) is 2.78. The molecule has 0 bridgehead atoms. The summed E-state index contributed by atoms with van der Waals surface area (Å²) in [5.74, 6) is 2.28. The predicted molar refractivity (Wildman–Crippen MR) is 117 cm³/mol. The number of halogens is 1. The molecule has 30 heavy (non-hydrogen) atoms. The van der Waals surface area contributed by atoms with Crippen molar-refractivity contribution in [3.8, 4) is 17.2 Å². The summed E-state index contributed by atoms with van der Waals surface area (Å²) in [6.07, 6.45) is 1.70. The lowest BCUT2D eigenvalue weighted by Gasteiger charge is -2.24. The molecule has 0 radical (unpaired) electrons. The lowest BCUT2D eigenvalue weighted by Crippen LogP contribution is -2.30. The number of nitrogens with zero attached hydrogens (tertiary/aromatic N) is 2. The minimum Gasteiger partial charge on any atom is -0.493 e. The summed E-state index contributed by atoms with van der Waals surface area (Å²) in [6, 6.07) is 16.2. The Morgan fingerprint density at radius 3 is 2.17 bits per heavy atom. The number of benzene rings is 2. The van der Waals surface area contributed by atoms with Gasteiger partial charge in [0.05, 0.1) is 27.9 Å². The second kappa shape index (κ2) is 9.98.